The molecule has 0 saturated heterocycles. The number of hydrogen-bond acceptors (Lipinski definition) is 5. The van der Waals surface area contributed by atoms with E-state index in [1.807, 2.05) is 6.07 Å². The van der Waals surface area contributed by atoms with Crippen LogP contribution in [-0.2, 0) is 12.8 Å². The Bertz CT molecular complexity index is 1210. The van der Waals surface area contributed by atoms with Gasteiger partial charge in [0, 0.05) is 28.1 Å². The lowest BCUT2D eigenvalue weighted by Crippen LogP contribution is -2.28. The SMILES string of the molecule is CC(C)(C)C1CCc2c(nc(SCCCC(=O)c3ccc(F)cc3)c(C#N)c2-c2cccs2)C1. The molecule has 1 atom stereocenters. The molecule has 0 radical (unpaired) electrons. The van der Waals surface area contributed by atoms with Crippen molar-refractivity contribution >= 4 is 28.9 Å². The Kier molecular flexibility index (Phi) is 7.54. The number of aromatic nitrogens is 1. The summed E-state index contributed by atoms with van der Waals surface area (Å²) in [6, 6.07) is 12.3. The second-order valence-corrected chi connectivity index (χ2v) is 11.9. The van der Waals surface area contributed by atoms with E-state index >= 15 is 0 Å². The van der Waals surface area contributed by atoms with Crippen LogP contribution in [0.3, 0.4) is 0 Å². The van der Waals surface area contributed by atoms with Crippen LogP contribution in [0.1, 0.15) is 67.2 Å². The molecule has 3 aromatic rings. The summed E-state index contributed by atoms with van der Waals surface area (Å²) in [7, 11) is 0. The van der Waals surface area contributed by atoms with Gasteiger partial charge in [0.25, 0.3) is 0 Å². The van der Waals surface area contributed by atoms with Crippen molar-refractivity contribution in [3.63, 3.8) is 0 Å². The number of fused-ring (bicyclic) bond motifs is 1. The number of ketones is 1. The first-order valence-electron chi connectivity index (χ1n) is 11.7. The van der Waals surface area contributed by atoms with Gasteiger partial charge in [-0.15, -0.1) is 23.1 Å². The molecule has 1 unspecified atom stereocenters. The molecule has 1 aliphatic carbocycles. The van der Waals surface area contributed by atoms with Crippen molar-refractivity contribution in [1.82, 2.24) is 4.98 Å². The van der Waals surface area contributed by atoms with Crippen LogP contribution in [0, 0.1) is 28.5 Å². The first-order valence-corrected chi connectivity index (χ1v) is 13.6. The van der Waals surface area contributed by atoms with Gasteiger partial charge in [-0.2, -0.15) is 5.26 Å². The highest BCUT2D eigenvalue weighted by atomic mass is 32.2. The summed E-state index contributed by atoms with van der Waals surface area (Å²) in [5, 5.41) is 12.9. The standard InChI is InChI=1S/C28H29FN2OS2/c1-28(2,3)19-10-13-21-23(16-19)31-27(22(17-30)26(21)25-7-5-14-33-25)34-15-4-6-24(32)18-8-11-20(29)12-9-18/h5,7-9,11-12,14,19H,4,6,10,13,15-16H2,1-3H3. The predicted molar refractivity (Wildman–Crippen MR) is 138 cm³/mol. The average molecular weight is 493 g/mol. The monoisotopic (exact) mass is 492 g/mol. The maximum absolute atomic E-state index is 13.1. The van der Waals surface area contributed by atoms with Gasteiger partial charge in [-0.25, -0.2) is 9.37 Å². The molecule has 2 heterocycles. The number of carbonyl (C=O) groups excluding carboxylic acids is 1. The Morgan fingerprint density at radius 2 is 2.03 bits per heavy atom. The normalized spacial score (nSPS) is 15.6. The van der Waals surface area contributed by atoms with Crippen molar-refractivity contribution in [3.05, 3.63) is 70.0 Å². The highest BCUT2D eigenvalue weighted by Crippen LogP contribution is 2.43. The Balaban J connectivity index is 1.56. The van der Waals surface area contributed by atoms with Crippen molar-refractivity contribution in [2.75, 3.05) is 5.75 Å². The van der Waals surface area contributed by atoms with Gasteiger partial charge >= 0.3 is 0 Å². The molecule has 0 aliphatic heterocycles. The Labute approximate surface area is 209 Å². The lowest BCUT2D eigenvalue weighted by molar-refractivity contribution is 0.0982. The fourth-order valence-corrected chi connectivity index (χ4v) is 6.31. The van der Waals surface area contributed by atoms with Gasteiger partial charge in [0.15, 0.2) is 5.78 Å². The van der Waals surface area contributed by atoms with Crippen molar-refractivity contribution in [1.29, 1.82) is 5.26 Å². The van der Waals surface area contributed by atoms with E-state index in [1.165, 1.54) is 29.8 Å². The third kappa shape index (κ3) is 5.42. The summed E-state index contributed by atoms with van der Waals surface area (Å²) in [5.41, 5.74) is 4.81. The molecule has 0 fully saturated rings. The number of carbonyl (C=O) groups is 1. The van der Waals surface area contributed by atoms with E-state index in [2.05, 4.69) is 38.3 Å². The zero-order valence-electron chi connectivity index (χ0n) is 19.9. The van der Waals surface area contributed by atoms with Gasteiger partial charge in [-0.05, 0) is 84.0 Å². The molecule has 2 aromatic heterocycles. The molecule has 0 amide bonds. The summed E-state index contributed by atoms with van der Waals surface area (Å²) in [6.45, 7) is 6.88. The molecule has 0 spiro atoms. The largest absolute Gasteiger partial charge is 0.294 e. The molecule has 176 valence electrons. The van der Waals surface area contributed by atoms with Gasteiger partial charge in [0.2, 0.25) is 0 Å². The minimum absolute atomic E-state index is 0.00630. The fourth-order valence-electron chi connectivity index (χ4n) is 4.56. The molecular formula is C28H29FN2OS2. The summed E-state index contributed by atoms with van der Waals surface area (Å²) < 4.78 is 13.1. The first kappa shape index (κ1) is 24.6. The van der Waals surface area contributed by atoms with Crippen LogP contribution in [0.4, 0.5) is 4.39 Å². The van der Waals surface area contributed by atoms with Gasteiger partial charge in [0.05, 0.1) is 5.56 Å². The van der Waals surface area contributed by atoms with Crippen LogP contribution in [-0.4, -0.2) is 16.5 Å². The first-order chi connectivity index (χ1) is 16.3. The second-order valence-electron chi connectivity index (χ2n) is 9.87. The number of nitrogens with zero attached hydrogens (tertiary/aromatic N) is 2. The van der Waals surface area contributed by atoms with E-state index in [9.17, 15) is 14.4 Å². The minimum Gasteiger partial charge on any atom is -0.294 e. The zero-order valence-corrected chi connectivity index (χ0v) is 21.5. The van der Waals surface area contributed by atoms with Gasteiger partial charge in [0.1, 0.15) is 16.9 Å². The number of Topliss-reactive ketones (excluding diaryl/α,β-unsaturated/α-hetero) is 1. The third-order valence-corrected chi connectivity index (χ3v) is 8.54. The van der Waals surface area contributed by atoms with Crippen molar-refractivity contribution in [2.24, 2.45) is 11.3 Å². The smallest absolute Gasteiger partial charge is 0.162 e. The molecular weight excluding hydrogens is 463 g/mol. The topological polar surface area (TPSA) is 53.8 Å². The van der Waals surface area contributed by atoms with Crippen LogP contribution >= 0.6 is 23.1 Å². The van der Waals surface area contributed by atoms with E-state index in [4.69, 9.17) is 4.98 Å². The fraction of sp³-hybridized carbons (Fsp3) is 0.393. The summed E-state index contributed by atoms with van der Waals surface area (Å²) in [6.07, 6.45) is 4.04. The Hall–Kier alpha value is -2.49. The predicted octanol–water partition coefficient (Wildman–Crippen LogP) is 7.73. The highest BCUT2D eigenvalue weighted by Gasteiger charge is 2.32. The molecule has 0 bridgehead atoms. The van der Waals surface area contributed by atoms with E-state index < -0.39 is 0 Å². The lowest BCUT2D eigenvalue weighted by Gasteiger charge is -2.35. The number of benzene rings is 1. The van der Waals surface area contributed by atoms with Crippen LogP contribution in [0.25, 0.3) is 10.4 Å². The Morgan fingerprint density at radius 1 is 1.26 bits per heavy atom. The third-order valence-electron chi connectivity index (χ3n) is 6.59. The number of thioether (sulfide) groups is 1. The van der Waals surface area contributed by atoms with Crippen LogP contribution in [0.15, 0.2) is 46.8 Å². The molecule has 0 saturated carbocycles. The van der Waals surface area contributed by atoms with E-state index in [1.54, 1.807) is 23.1 Å². The minimum atomic E-state index is -0.343. The maximum Gasteiger partial charge on any atom is 0.162 e. The number of hydrogen-bond donors (Lipinski definition) is 0. The molecule has 3 nitrogen and oxygen atoms in total. The number of pyridine rings is 1. The number of nitriles is 1. The molecule has 1 aliphatic rings. The summed E-state index contributed by atoms with van der Waals surface area (Å²) in [5.74, 6) is 0.916. The number of thiophene rings is 1. The van der Waals surface area contributed by atoms with Gasteiger partial charge in [-0.3, -0.25) is 4.79 Å². The summed E-state index contributed by atoms with van der Waals surface area (Å²) in [4.78, 5) is 18.6. The highest BCUT2D eigenvalue weighted by molar-refractivity contribution is 7.99. The van der Waals surface area contributed by atoms with Gasteiger partial charge in [-0.1, -0.05) is 26.8 Å². The number of rotatable bonds is 7. The Morgan fingerprint density at radius 3 is 2.68 bits per heavy atom. The van der Waals surface area contributed by atoms with Crippen LogP contribution in [0.5, 0.6) is 0 Å². The van der Waals surface area contributed by atoms with Crippen molar-refractivity contribution in [2.45, 2.75) is 57.9 Å². The van der Waals surface area contributed by atoms with E-state index in [0.29, 0.717) is 35.6 Å². The van der Waals surface area contributed by atoms with Gasteiger partial charge < -0.3 is 0 Å². The van der Waals surface area contributed by atoms with Crippen LogP contribution < -0.4 is 0 Å². The van der Waals surface area contributed by atoms with Crippen LogP contribution in [0.2, 0.25) is 0 Å². The summed E-state index contributed by atoms with van der Waals surface area (Å²) >= 11 is 3.23. The molecule has 1 aromatic carbocycles. The molecule has 6 heteroatoms. The van der Waals surface area contributed by atoms with E-state index in [0.717, 1.165) is 40.4 Å². The van der Waals surface area contributed by atoms with Crippen molar-refractivity contribution in [3.8, 4) is 16.5 Å². The zero-order chi connectivity index (χ0) is 24.3. The maximum atomic E-state index is 13.1. The van der Waals surface area contributed by atoms with E-state index in [-0.39, 0.29) is 17.0 Å². The average Bonchev–Trinajstić information content (AvgIpc) is 3.34. The molecule has 0 N–H and O–H groups in total. The van der Waals surface area contributed by atoms with Crippen molar-refractivity contribution < 1.29 is 9.18 Å². The quantitative estimate of drug-likeness (QED) is 0.192. The molecule has 34 heavy (non-hydrogen) atoms. The number of halogens is 1. The molecule has 4 rings (SSSR count). The lowest BCUT2D eigenvalue weighted by atomic mass is 9.71. The second kappa shape index (κ2) is 10.4.